The van der Waals surface area contributed by atoms with Gasteiger partial charge in [-0.25, -0.2) is 0 Å². The number of aromatic nitrogens is 2. The summed E-state index contributed by atoms with van der Waals surface area (Å²) in [5.74, 6) is 0.786. The van der Waals surface area contributed by atoms with E-state index in [0.29, 0.717) is 12.4 Å². The second kappa shape index (κ2) is 4.47. The minimum absolute atomic E-state index is 0.202. The largest absolute Gasteiger partial charge is 0.508 e. The number of rotatable bonds is 3. The fourth-order valence-corrected chi connectivity index (χ4v) is 1.62. The molecule has 3 N–H and O–H groups in total. The maximum absolute atomic E-state index is 9.81. The van der Waals surface area contributed by atoms with Crippen LogP contribution in [0, 0.1) is 0 Å². The quantitative estimate of drug-likeness (QED) is 0.843. The lowest BCUT2D eigenvalue weighted by Crippen LogP contribution is -1.96. The van der Waals surface area contributed by atoms with Crippen molar-refractivity contribution in [3.63, 3.8) is 0 Å². The summed E-state index contributed by atoms with van der Waals surface area (Å²) in [6, 6.07) is 7.13. The molecule has 0 radical (unpaired) electrons. The number of benzene rings is 1. The zero-order chi connectivity index (χ0) is 12.4. The molecule has 0 unspecified atom stereocenters. The molecule has 5 nitrogen and oxygen atoms in total. The first-order valence-electron chi connectivity index (χ1n) is 5.22. The van der Waals surface area contributed by atoms with Gasteiger partial charge in [0.2, 0.25) is 0 Å². The van der Waals surface area contributed by atoms with Gasteiger partial charge in [-0.2, -0.15) is 5.10 Å². The second-order valence-electron chi connectivity index (χ2n) is 3.85. The van der Waals surface area contributed by atoms with E-state index < -0.39 is 0 Å². The van der Waals surface area contributed by atoms with Crippen LogP contribution in [0.2, 0.25) is 0 Å². The Morgan fingerprint density at radius 2 is 2.18 bits per heavy atom. The monoisotopic (exact) mass is 233 g/mol. The minimum Gasteiger partial charge on any atom is -0.508 e. The van der Waals surface area contributed by atoms with Gasteiger partial charge in [0.15, 0.2) is 0 Å². The average molecular weight is 233 g/mol. The van der Waals surface area contributed by atoms with E-state index in [1.807, 2.05) is 12.1 Å². The van der Waals surface area contributed by atoms with Crippen molar-refractivity contribution in [1.82, 2.24) is 9.78 Å². The predicted molar refractivity (Wildman–Crippen MR) is 65.4 cm³/mol. The number of anilines is 1. The first-order chi connectivity index (χ1) is 8.11. The first-order valence-corrected chi connectivity index (χ1v) is 5.22. The summed E-state index contributed by atoms with van der Waals surface area (Å²) in [5, 5.41) is 14.1. The molecule has 90 valence electrons. The third-order valence-corrected chi connectivity index (χ3v) is 2.60. The molecule has 0 atom stereocenters. The first kappa shape index (κ1) is 11.5. The molecule has 0 spiro atoms. The van der Waals surface area contributed by atoms with Gasteiger partial charge < -0.3 is 15.6 Å². The van der Waals surface area contributed by atoms with E-state index in [9.17, 15) is 5.11 Å². The molecule has 0 saturated carbocycles. The normalized spacial score (nSPS) is 10.7. The molecule has 0 bridgehead atoms. The Morgan fingerprint density at radius 3 is 2.71 bits per heavy atom. The molecule has 1 aromatic heterocycles. The summed E-state index contributed by atoms with van der Waals surface area (Å²) in [4.78, 5) is 0. The predicted octanol–water partition coefficient (Wildman–Crippen LogP) is 1.52. The Hall–Kier alpha value is -2.01. The lowest BCUT2D eigenvalue weighted by Gasteiger charge is -2.04. The number of phenolic OH excluding ortho intramolecular Hbond substituents is 1. The van der Waals surface area contributed by atoms with Crippen LogP contribution in [-0.4, -0.2) is 22.0 Å². The molecular formula is C12H15N3O2. The van der Waals surface area contributed by atoms with Crippen LogP contribution in [0.4, 0.5) is 5.82 Å². The average Bonchev–Trinajstić information content (AvgIpc) is 2.62. The summed E-state index contributed by atoms with van der Waals surface area (Å²) in [7, 11) is 3.37. The maximum atomic E-state index is 9.81. The fraction of sp³-hybridized carbons (Fsp3) is 0.250. The summed E-state index contributed by atoms with van der Waals surface area (Å²) < 4.78 is 6.57. The molecule has 5 heteroatoms. The van der Waals surface area contributed by atoms with E-state index in [0.717, 1.165) is 16.8 Å². The van der Waals surface area contributed by atoms with Crippen molar-refractivity contribution < 1.29 is 9.84 Å². The van der Waals surface area contributed by atoms with E-state index in [1.165, 1.54) is 0 Å². The number of nitrogen functional groups attached to an aromatic ring is 1. The van der Waals surface area contributed by atoms with Gasteiger partial charge in [-0.05, 0) is 6.07 Å². The number of hydrogen-bond acceptors (Lipinski definition) is 4. The van der Waals surface area contributed by atoms with Gasteiger partial charge in [0.25, 0.3) is 0 Å². The lowest BCUT2D eigenvalue weighted by atomic mass is 10.1. The Bertz CT molecular complexity index is 515. The molecule has 0 saturated heterocycles. The molecule has 0 amide bonds. The number of methoxy groups -OCH3 is 1. The molecule has 0 fully saturated rings. The van der Waals surface area contributed by atoms with Crippen LogP contribution < -0.4 is 5.73 Å². The van der Waals surface area contributed by atoms with Crippen molar-refractivity contribution in [2.24, 2.45) is 7.05 Å². The van der Waals surface area contributed by atoms with Gasteiger partial charge in [0.05, 0.1) is 12.3 Å². The highest BCUT2D eigenvalue weighted by Crippen LogP contribution is 2.26. The number of nitrogens with zero attached hydrogens (tertiary/aromatic N) is 2. The molecule has 2 aromatic rings. The number of aryl methyl sites for hydroxylation is 1. The molecular weight excluding hydrogens is 218 g/mol. The van der Waals surface area contributed by atoms with Gasteiger partial charge in [0.1, 0.15) is 11.6 Å². The summed E-state index contributed by atoms with van der Waals surface area (Å²) in [6.45, 7) is 0.385. The summed E-state index contributed by atoms with van der Waals surface area (Å²) in [6.07, 6.45) is 0. The number of nitrogens with two attached hydrogens (primary N) is 1. The number of aromatic hydroxyl groups is 1. The topological polar surface area (TPSA) is 73.3 Å². The third-order valence-electron chi connectivity index (χ3n) is 2.60. The molecule has 1 aromatic carbocycles. The zero-order valence-corrected chi connectivity index (χ0v) is 9.84. The Balaban J connectivity index is 2.37. The molecule has 1 heterocycles. The highest BCUT2D eigenvalue weighted by Gasteiger charge is 2.08. The number of phenols is 1. The fourth-order valence-electron chi connectivity index (χ4n) is 1.62. The number of ether oxygens (including phenoxy) is 1. The second-order valence-corrected chi connectivity index (χ2v) is 3.85. The van der Waals surface area contributed by atoms with Gasteiger partial charge in [0, 0.05) is 31.4 Å². The summed E-state index contributed by atoms with van der Waals surface area (Å²) in [5.41, 5.74) is 8.03. The van der Waals surface area contributed by atoms with Crippen molar-refractivity contribution in [1.29, 1.82) is 0 Å². The van der Waals surface area contributed by atoms with E-state index in [2.05, 4.69) is 5.10 Å². The molecule has 0 aliphatic carbocycles. The van der Waals surface area contributed by atoms with E-state index >= 15 is 0 Å². The van der Waals surface area contributed by atoms with E-state index in [-0.39, 0.29) is 5.75 Å². The molecule has 0 aliphatic heterocycles. The van der Waals surface area contributed by atoms with E-state index in [4.69, 9.17) is 10.5 Å². The lowest BCUT2D eigenvalue weighted by molar-refractivity contribution is 0.182. The summed E-state index contributed by atoms with van der Waals surface area (Å²) >= 11 is 0. The van der Waals surface area contributed by atoms with Gasteiger partial charge in [-0.1, -0.05) is 12.1 Å². The van der Waals surface area contributed by atoms with Gasteiger partial charge in [-0.3, -0.25) is 4.68 Å². The Labute approximate surface area is 99.4 Å². The third kappa shape index (κ3) is 2.24. The van der Waals surface area contributed by atoms with Gasteiger partial charge in [-0.15, -0.1) is 0 Å². The van der Waals surface area contributed by atoms with Crippen molar-refractivity contribution in [2.45, 2.75) is 6.61 Å². The number of hydrogen-bond donors (Lipinski definition) is 2. The van der Waals surface area contributed by atoms with Crippen molar-refractivity contribution >= 4 is 5.82 Å². The van der Waals surface area contributed by atoms with Crippen molar-refractivity contribution in [3.05, 3.63) is 29.8 Å². The van der Waals surface area contributed by atoms with Crippen LogP contribution in [0.3, 0.4) is 0 Å². The SMILES string of the molecule is COCc1ccc(-c2cc(N)n(C)n2)cc1O. The van der Waals surface area contributed by atoms with Crippen LogP contribution in [0.5, 0.6) is 5.75 Å². The van der Waals surface area contributed by atoms with Crippen LogP contribution in [0.25, 0.3) is 11.3 Å². The smallest absolute Gasteiger partial charge is 0.121 e. The minimum atomic E-state index is 0.202. The molecule has 0 aliphatic rings. The van der Waals surface area contributed by atoms with Gasteiger partial charge >= 0.3 is 0 Å². The molecule has 2 rings (SSSR count). The Kier molecular flexibility index (Phi) is 3.01. The molecule has 17 heavy (non-hydrogen) atoms. The van der Waals surface area contributed by atoms with Crippen molar-refractivity contribution in [2.75, 3.05) is 12.8 Å². The maximum Gasteiger partial charge on any atom is 0.121 e. The highest BCUT2D eigenvalue weighted by atomic mass is 16.5. The van der Waals surface area contributed by atoms with E-state index in [1.54, 1.807) is 31.0 Å². The van der Waals surface area contributed by atoms with Crippen molar-refractivity contribution in [3.8, 4) is 17.0 Å². The van der Waals surface area contributed by atoms with Crippen LogP contribution in [-0.2, 0) is 18.4 Å². The Morgan fingerprint density at radius 1 is 1.41 bits per heavy atom. The van der Waals surface area contributed by atoms with Crippen LogP contribution >= 0.6 is 0 Å². The van der Waals surface area contributed by atoms with Crippen LogP contribution in [0.1, 0.15) is 5.56 Å². The zero-order valence-electron chi connectivity index (χ0n) is 9.84. The standard InChI is InChI=1S/C12H15N3O2/c1-15-12(13)6-10(14-15)8-3-4-9(7-17-2)11(16)5-8/h3-6,16H,7,13H2,1-2H3. The van der Waals surface area contributed by atoms with Crippen LogP contribution in [0.15, 0.2) is 24.3 Å². The highest BCUT2D eigenvalue weighted by molar-refractivity contribution is 5.64.